The lowest BCUT2D eigenvalue weighted by Crippen LogP contribution is -2.44. The number of amides is 1. The molecule has 1 aromatic carbocycles. The summed E-state index contributed by atoms with van der Waals surface area (Å²) < 4.78 is 10.8. The Hall–Kier alpha value is -1.71. The van der Waals surface area contributed by atoms with Crippen LogP contribution in [-0.2, 0) is 17.8 Å². The molecule has 1 aliphatic heterocycles. The lowest BCUT2D eigenvalue weighted by atomic mass is 9.99. The number of aliphatic imine (C=N–C) groups is 1. The molecule has 1 amide bonds. The van der Waals surface area contributed by atoms with Crippen LogP contribution in [0.25, 0.3) is 0 Å². The molecule has 0 unspecified atom stereocenters. The number of halogens is 1. The topological polar surface area (TPSA) is 66.4 Å². The Morgan fingerprint density at radius 3 is 2.41 bits per heavy atom. The van der Waals surface area contributed by atoms with E-state index in [1.165, 1.54) is 11.1 Å². The minimum absolute atomic E-state index is 0. The molecule has 0 aliphatic carbocycles. The summed E-state index contributed by atoms with van der Waals surface area (Å²) in [5, 5.41) is 3.33. The van der Waals surface area contributed by atoms with Crippen molar-refractivity contribution in [3.63, 3.8) is 0 Å². The zero-order chi connectivity index (χ0) is 19.1. The molecule has 7 nitrogen and oxygen atoms in total. The molecule has 1 aromatic rings. The molecule has 152 valence electrons. The van der Waals surface area contributed by atoms with E-state index in [1.807, 2.05) is 13.0 Å². The summed E-state index contributed by atoms with van der Waals surface area (Å²) in [4.78, 5) is 20.2. The number of nitrogens with zero attached hydrogens (tertiary/aromatic N) is 3. The Morgan fingerprint density at radius 2 is 1.85 bits per heavy atom. The number of fused-ring (bicyclic) bond motifs is 1. The van der Waals surface area contributed by atoms with E-state index < -0.39 is 0 Å². The van der Waals surface area contributed by atoms with Crippen LogP contribution in [0.15, 0.2) is 17.1 Å². The molecule has 0 saturated carbocycles. The van der Waals surface area contributed by atoms with Crippen molar-refractivity contribution >= 4 is 35.8 Å². The third-order valence-corrected chi connectivity index (χ3v) is 4.44. The number of methoxy groups -OCH3 is 2. The standard InChI is InChI=1S/C19H30N4O3.HI/c1-6-20-19(21-9-7-18(24)22(2)3)23-10-8-14-11-16(25-4)17(26-5)12-15(14)13-23;/h11-12H,6-10,13H2,1-5H3,(H,20,21);1H. The van der Waals surface area contributed by atoms with E-state index in [-0.39, 0.29) is 29.9 Å². The van der Waals surface area contributed by atoms with Gasteiger partial charge in [0.25, 0.3) is 0 Å². The first-order valence-corrected chi connectivity index (χ1v) is 8.97. The Balaban J connectivity index is 0.00000364. The second-order valence-electron chi connectivity index (χ2n) is 6.42. The van der Waals surface area contributed by atoms with Gasteiger partial charge in [-0.3, -0.25) is 9.79 Å². The van der Waals surface area contributed by atoms with Gasteiger partial charge in [0.1, 0.15) is 0 Å². The number of ether oxygens (including phenoxy) is 2. The number of hydrogen-bond donors (Lipinski definition) is 1. The molecule has 0 radical (unpaired) electrons. The van der Waals surface area contributed by atoms with Crippen molar-refractivity contribution in [3.8, 4) is 11.5 Å². The molecule has 0 saturated heterocycles. The first-order valence-electron chi connectivity index (χ1n) is 8.97. The fraction of sp³-hybridized carbons (Fsp3) is 0.579. The quantitative estimate of drug-likeness (QED) is 0.376. The smallest absolute Gasteiger partial charge is 0.223 e. The number of rotatable bonds is 6. The highest BCUT2D eigenvalue weighted by Gasteiger charge is 2.21. The highest BCUT2D eigenvalue weighted by Crippen LogP contribution is 2.33. The van der Waals surface area contributed by atoms with Gasteiger partial charge < -0.3 is 24.6 Å². The van der Waals surface area contributed by atoms with Crippen LogP contribution >= 0.6 is 24.0 Å². The third kappa shape index (κ3) is 6.15. The Morgan fingerprint density at radius 1 is 1.22 bits per heavy atom. The monoisotopic (exact) mass is 490 g/mol. The van der Waals surface area contributed by atoms with Gasteiger partial charge in [-0.1, -0.05) is 0 Å². The largest absolute Gasteiger partial charge is 0.493 e. The number of benzene rings is 1. The molecule has 0 spiro atoms. The molecule has 8 heteroatoms. The van der Waals surface area contributed by atoms with Gasteiger partial charge in [0, 0.05) is 40.2 Å². The molecule has 1 N–H and O–H groups in total. The third-order valence-electron chi connectivity index (χ3n) is 4.44. The predicted molar refractivity (Wildman–Crippen MR) is 118 cm³/mol. The Kier molecular flexibility index (Phi) is 9.68. The van der Waals surface area contributed by atoms with Crippen LogP contribution in [0.4, 0.5) is 0 Å². The first-order chi connectivity index (χ1) is 12.5. The maximum atomic E-state index is 11.7. The van der Waals surface area contributed by atoms with Crippen LogP contribution < -0.4 is 14.8 Å². The van der Waals surface area contributed by atoms with Crippen molar-refractivity contribution in [3.05, 3.63) is 23.3 Å². The van der Waals surface area contributed by atoms with E-state index in [0.29, 0.717) is 13.0 Å². The van der Waals surface area contributed by atoms with Gasteiger partial charge in [-0.2, -0.15) is 0 Å². The van der Waals surface area contributed by atoms with Crippen LogP contribution in [-0.4, -0.2) is 69.6 Å². The highest BCUT2D eigenvalue weighted by atomic mass is 127. The minimum atomic E-state index is 0. The summed E-state index contributed by atoms with van der Waals surface area (Å²) in [5.41, 5.74) is 2.49. The second-order valence-corrected chi connectivity index (χ2v) is 6.42. The van der Waals surface area contributed by atoms with E-state index in [9.17, 15) is 4.79 Å². The zero-order valence-corrected chi connectivity index (χ0v) is 19.2. The number of carbonyl (C=O) groups excluding carboxylic acids is 1. The normalized spacial score (nSPS) is 13.4. The average molecular weight is 490 g/mol. The minimum Gasteiger partial charge on any atom is -0.493 e. The Bertz CT molecular complexity index is 665. The van der Waals surface area contributed by atoms with Gasteiger partial charge in [-0.25, -0.2) is 0 Å². The Labute approximate surface area is 179 Å². The zero-order valence-electron chi connectivity index (χ0n) is 16.9. The summed E-state index contributed by atoms with van der Waals surface area (Å²) in [7, 11) is 6.84. The summed E-state index contributed by atoms with van der Waals surface area (Å²) in [6.07, 6.45) is 1.33. The summed E-state index contributed by atoms with van der Waals surface area (Å²) in [6.45, 7) is 4.94. The second kappa shape index (κ2) is 11.2. The van der Waals surface area contributed by atoms with Crippen molar-refractivity contribution < 1.29 is 14.3 Å². The SMILES string of the molecule is CCNC(=NCCC(=O)N(C)C)N1CCc2cc(OC)c(OC)cc2C1.I. The predicted octanol–water partition coefficient (Wildman–Crippen LogP) is 2.12. The highest BCUT2D eigenvalue weighted by molar-refractivity contribution is 14.0. The van der Waals surface area contributed by atoms with Gasteiger partial charge in [-0.05, 0) is 36.6 Å². The van der Waals surface area contributed by atoms with Crippen LogP contribution in [0, 0.1) is 0 Å². The summed E-state index contributed by atoms with van der Waals surface area (Å²) in [6, 6.07) is 4.10. The van der Waals surface area contributed by atoms with E-state index in [4.69, 9.17) is 9.47 Å². The van der Waals surface area contributed by atoms with E-state index in [2.05, 4.69) is 21.3 Å². The molecule has 0 aromatic heterocycles. The molecular weight excluding hydrogens is 459 g/mol. The molecule has 27 heavy (non-hydrogen) atoms. The van der Waals surface area contributed by atoms with Crippen LogP contribution in [0.3, 0.4) is 0 Å². The van der Waals surface area contributed by atoms with E-state index >= 15 is 0 Å². The van der Waals surface area contributed by atoms with Crippen molar-refractivity contribution in [2.45, 2.75) is 26.3 Å². The molecule has 1 heterocycles. The van der Waals surface area contributed by atoms with Gasteiger partial charge >= 0.3 is 0 Å². The van der Waals surface area contributed by atoms with Gasteiger partial charge in [0.15, 0.2) is 17.5 Å². The first kappa shape index (κ1) is 23.3. The van der Waals surface area contributed by atoms with Gasteiger partial charge in [0.05, 0.1) is 20.8 Å². The van der Waals surface area contributed by atoms with Gasteiger partial charge in [-0.15, -0.1) is 24.0 Å². The van der Waals surface area contributed by atoms with Crippen LogP contribution in [0.2, 0.25) is 0 Å². The summed E-state index contributed by atoms with van der Waals surface area (Å²) >= 11 is 0. The number of hydrogen-bond acceptors (Lipinski definition) is 4. The lowest BCUT2D eigenvalue weighted by Gasteiger charge is -2.32. The molecule has 0 fully saturated rings. The van der Waals surface area contributed by atoms with E-state index in [0.717, 1.165) is 43.5 Å². The lowest BCUT2D eigenvalue weighted by molar-refractivity contribution is -0.128. The van der Waals surface area contributed by atoms with Crippen LogP contribution in [0.5, 0.6) is 11.5 Å². The van der Waals surface area contributed by atoms with Crippen molar-refractivity contribution in [1.29, 1.82) is 0 Å². The average Bonchev–Trinajstić information content (AvgIpc) is 2.65. The molecule has 2 rings (SSSR count). The maximum absolute atomic E-state index is 11.7. The fourth-order valence-corrected chi connectivity index (χ4v) is 2.97. The van der Waals surface area contributed by atoms with Crippen molar-refractivity contribution in [2.75, 3.05) is 47.9 Å². The van der Waals surface area contributed by atoms with Crippen LogP contribution in [0.1, 0.15) is 24.5 Å². The van der Waals surface area contributed by atoms with Gasteiger partial charge in [0.2, 0.25) is 5.91 Å². The fourth-order valence-electron chi connectivity index (χ4n) is 2.97. The summed E-state index contributed by atoms with van der Waals surface area (Å²) in [5.74, 6) is 2.44. The number of guanidine groups is 1. The maximum Gasteiger partial charge on any atom is 0.223 e. The van der Waals surface area contributed by atoms with E-state index in [1.54, 1.807) is 33.2 Å². The van der Waals surface area contributed by atoms with Crippen molar-refractivity contribution in [1.82, 2.24) is 15.1 Å². The molecule has 1 aliphatic rings. The molecular formula is C19H31IN4O3. The molecule has 0 bridgehead atoms. The molecule has 0 atom stereocenters. The van der Waals surface area contributed by atoms with Crippen molar-refractivity contribution in [2.24, 2.45) is 4.99 Å². The number of carbonyl (C=O) groups is 1. The number of nitrogens with one attached hydrogen (secondary N) is 1.